The highest BCUT2D eigenvalue weighted by atomic mass is 19.4. The van der Waals surface area contributed by atoms with Crippen LogP contribution in [0.25, 0.3) is 0 Å². The van der Waals surface area contributed by atoms with E-state index in [0.717, 1.165) is 12.1 Å². The lowest BCUT2D eigenvalue weighted by Gasteiger charge is -2.24. The van der Waals surface area contributed by atoms with E-state index in [-0.39, 0.29) is 6.61 Å². The van der Waals surface area contributed by atoms with E-state index in [1.807, 2.05) is 0 Å². The predicted octanol–water partition coefficient (Wildman–Crippen LogP) is 3.35. The third-order valence-corrected chi connectivity index (χ3v) is 3.29. The summed E-state index contributed by atoms with van der Waals surface area (Å²) >= 11 is 0. The second-order valence-corrected chi connectivity index (χ2v) is 4.90. The van der Waals surface area contributed by atoms with E-state index >= 15 is 0 Å². The van der Waals surface area contributed by atoms with Crippen LogP contribution >= 0.6 is 0 Å². The standard InChI is InChI=1S/C14H15F3N2O3/c15-14(16,17)11-3-1-2-10(8-11)9-22-18-12-4-6-19(7-5-12)13(20)21/h1-3,8H,4-7,9H2,(H,20,21). The number of rotatable bonds is 3. The van der Waals surface area contributed by atoms with Crippen LogP contribution in [0.1, 0.15) is 24.0 Å². The molecule has 0 bridgehead atoms. The van der Waals surface area contributed by atoms with Gasteiger partial charge in [-0.1, -0.05) is 17.3 Å². The fourth-order valence-electron chi connectivity index (χ4n) is 2.08. The quantitative estimate of drug-likeness (QED) is 0.870. The minimum Gasteiger partial charge on any atom is -0.465 e. The van der Waals surface area contributed by atoms with Gasteiger partial charge < -0.3 is 14.8 Å². The number of hydrogen-bond donors (Lipinski definition) is 1. The summed E-state index contributed by atoms with van der Waals surface area (Å²) in [5.41, 5.74) is 0.364. The van der Waals surface area contributed by atoms with E-state index in [0.29, 0.717) is 37.2 Å². The highest BCUT2D eigenvalue weighted by Gasteiger charge is 2.30. The van der Waals surface area contributed by atoms with Crippen LogP contribution in [-0.4, -0.2) is 34.9 Å². The first-order chi connectivity index (χ1) is 10.4. The minimum atomic E-state index is -4.38. The normalized spacial score (nSPS) is 15.6. The van der Waals surface area contributed by atoms with Crippen LogP contribution in [0.15, 0.2) is 29.4 Å². The summed E-state index contributed by atoms with van der Waals surface area (Å²) in [7, 11) is 0. The van der Waals surface area contributed by atoms with Crippen molar-refractivity contribution in [2.24, 2.45) is 5.16 Å². The Bertz CT molecular complexity index is 563. The lowest BCUT2D eigenvalue weighted by Crippen LogP contribution is -2.37. The van der Waals surface area contributed by atoms with Crippen LogP contribution in [-0.2, 0) is 17.6 Å². The number of piperidine rings is 1. The number of benzene rings is 1. The lowest BCUT2D eigenvalue weighted by molar-refractivity contribution is -0.137. The zero-order chi connectivity index (χ0) is 16.2. The number of nitrogens with zero attached hydrogens (tertiary/aromatic N) is 2. The lowest BCUT2D eigenvalue weighted by atomic mass is 10.1. The molecule has 0 unspecified atom stereocenters. The van der Waals surface area contributed by atoms with E-state index in [4.69, 9.17) is 9.94 Å². The fraction of sp³-hybridized carbons (Fsp3) is 0.429. The number of hydrogen-bond acceptors (Lipinski definition) is 3. The highest BCUT2D eigenvalue weighted by molar-refractivity contribution is 5.86. The molecule has 1 aliphatic rings. The summed E-state index contributed by atoms with van der Waals surface area (Å²) in [6.45, 7) is 0.637. The Balaban J connectivity index is 1.87. The van der Waals surface area contributed by atoms with E-state index in [9.17, 15) is 18.0 Å². The van der Waals surface area contributed by atoms with Crippen molar-refractivity contribution in [3.8, 4) is 0 Å². The van der Waals surface area contributed by atoms with Crippen LogP contribution in [0.4, 0.5) is 18.0 Å². The Labute approximate surface area is 125 Å². The second-order valence-electron chi connectivity index (χ2n) is 4.90. The maximum Gasteiger partial charge on any atom is 0.416 e. The molecular weight excluding hydrogens is 301 g/mol. The van der Waals surface area contributed by atoms with Crippen LogP contribution in [0.2, 0.25) is 0 Å². The number of halogens is 3. The molecule has 1 amide bonds. The summed E-state index contributed by atoms with van der Waals surface area (Å²) in [6, 6.07) is 4.87. The van der Waals surface area contributed by atoms with Gasteiger partial charge >= 0.3 is 12.3 Å². The van der Waals surface area contributed by atoms with E-state index in [1.54, 1.807) is 0 Å². The molecule has 8 heteroatoms. The van der Waals surface area contributed by atoms with Gasteiger partial charge in [-0.25, -0.2) is 4.79 Å². The molecule has 1 aromatic rings. The minimum absolute atomic E-state index is 0.0595. The molecule has 1 saturated heterocycles. The van der Waals surface area contributed by atoms with Gasteiger partial charge in [0.05, 0.1) is 11.3 Å². The molecule has 1 fully saturated rings. The van der Waals surface area contributed by atoms with Gasteiger partial charge in [-0.15, -0.1) is 0 Å². The number of likely N-dealkylation sites (tertiary alicyclic amines) is 1. The van der Waals surface area contributed by atoms with Gasteiger partial charge in [-0.2, -0.15) is 13.2 Å². The van der Waals surface area contributed by atoms with Crippen molar-refractivity contribution in [2.45, 2.75) is 25.6 Å². The molecule has 0 spiro atoms. The van der Waals surface area contributed by atoms with Crippen LogP contribution in [0.5, 0.6) is 0 Å². The number of alkyl halides is 3. The fourth-order valence-corrected chi connectivity index (χ4v) is 2.08. The molecule has 2 rings (SSSR count). The molecule has 5 nitrogen and oxygen atoms in total. The molecule has 0 atom stereocenters. The molecule has 1 N–H and O–H groups in total. The summed E-state index contributed by atoms with van der Waals surface area (Å²) in [5.74, 6) is 0. The Kier molecular flexibility index (Phi) is 4.89. The van der Waals surface area contributed by atoms with Gasteiger partial charge in [0.25, 0.3) is 0 Å². The van der Waals surface area contributed by atoms with E-state index in [1.165, 1.54) is 17.0 Å². The summed E-state index contributed by atoms with van der Waals surface area (Å²) in [6.07, 6.45) is -4.42. The number of oxime groups is 1. The molecule has 1 aliphatic heterocycles. The largest absolute Gasteiger partial charge is 0.465 e. The van der Waals surface area contributed by atoms with Crippen molar-refractivity contribution in [3.05, 3.63) is 35.4 Å². The highest BCUT2D eigenvalue weighted by Crippen LogP contribution is 2.29. The van der Waals surface area contributed by atoms with E-state index < -0.39 is 17.8 Å². The smallest absolute Gasteiger partial charge is 0.416 e. The third kappa shape index (κ3) is 4.37. The van der Waals surface area contributed by atoms with Gasteiger partial charge in [-0.05, 0) is 17.7 Å². The first-order valence-electron chi connectivity index (χ1n) is 6.68. The summed E-state index contributed by atoms with van der Waals surface area (Å²) < 4.78 is 37.7. The summed E-state index contributed by atoms with van der Waals surface area (Å²) in [4.78, 5) is 17.1. The molecule has 0 saturated carbocycles. The predicted molar refractivity (Wildman–Crippen MR) is 72.5 cm³/mol. The van der Waals surface area contributed by atoms with Crippen molar-refractivity contribution in [2.75, 3.05) is 13.1 Å². The average Bonchev–Trinajstić information content (AvgIpc) is 2.47. The van der Waals surface area contributed by atoms with Gasteiger partial charge in [0.1, 0.15) is 6.61 Å². The SMILES string of the molecule is O=C(O)N1CCC(=NOCc2cccc(C(F)(F)F)c2)CC1. The van der Waals surface area contributed by atoms with Crippen LogP contribution in [0.3, 0.4) is 0 Å². The zero-order valence-electron chi connectivity index (χ0n) is 11.6. The van der Waals surface area contributed by atoms with Crippen molar-refractivity contribution >= 4 is 11.8 Å². The van der Waals surface area contributed by atoms with Gasteiger partial charge in [-0.3, -0.25) is 0 Å². The Morgan fingerprint density at radius 1 is 1.32 bits per heavy atom. The first kappa shape index (κ1) is 16.1. The zero-order valence-corrected chi connectivity index (χ0v) is 11.6. The number of amides is 1. The molecule has 0 aromatic heterocycles. The molecular formula is C14H15F3N2O3. The molecule has 1 heterocycles. The van der Waals surface area contributed by atoms with Gasteiger partial charge in [0.15, 0.2) is 0 Å². The number of carbonyl (C=O) groups is 1. The maximum atomic E-state index is 12.6. The topological polar surface area (TPSA) is 62.1 Å². The van der Waals surface area contributed by atoms with Crippen LogP contribution in [0, 0.1) is 0 Å². The molecule has 1 aromatic carbocycles. The average molecular weight is 316 g/mol. The maximum absolute atomic E-state index is 12.6. The van der Waals surface area contributed by atoms with Crippen molar-refractivity contribution in [1.29, 1.82) is 0 Å². The van der Waals surface area contributed by atoms with Crippen molar-refractivity contribution in [3.63, 3.8) is 0 Å². The second kappa shape index (κ2) is 6.67. The van der Waals surface area contributed by atoms with Gasteiger partial charge in [0.2, 0.25) is 0 Å². The molecule has 0 aliphatic carbocycles. The Hall–Kier alpha value is -2.25. The molecule has 120 valence electrons. The first-order valence-corrected chi connectivity index (χ1v) is 6.68. The molecule has 22 heavy (non-hydrogen) atoms. The third-order valence-electron chi connectivity index (χ3n) is 3.29. The molecule has 0 radical (unpaired) electrons. The van der Waals surface area contributed by atoms with E-state index in [2.05, 4.69) is 5.16 Å². The van der Waals surface area contributed by atoms with Gasteiger partial charge in [0, 0.05) is 25.9 Å². The monoisotopic (exact) mass is 316 g/mol. The Morgan fingerprint density at radius 3 is 2.59 bits per heavy atom. The van der Waals surface area contributed by atoms with Crippen LogP contribution < -0.4 is 0 Å². The van der Waals surface area contributed by atoms with Crippen molar-refractivity contribution in [1.82, 2.24) is 4.90 Å². The number of carboxylic acid groups (broad SMARTS) is 1. The van der Waals surface area contributed by atoms with Crippen molar-refractivity contribution < 1.29 is 27.9 Å². The summed E-state index contributed by atoms with van der Waals surface area (Å²) in [5, 5.41) is 12.7. The Morgan fingerprint density at radius 2 is 2.00 bits per heavy atom.